The Balaban J connectivity index is 0.000000179. The summed E-state index contributed by atoms with van der Waals surface area (Å²) in [6.45, 7) is 15.4. The topological polar surface area (TPSA) is 0 Å². The van der Waals surface area contributed by atoms with Gasteiger partial charge in [0.25, 0.3) is 0 Å². The van der Waals surface area contributed by atoms with E-state index >= 15 is 0 Å². The Kier molecular flexibility index (Phi) is 13.7. The van der Waals surface area contributed by atoms with Gasteiger partial charge in [-0.2, -0.15) is 12.1 Å². The maximum absolute atomic E-state index is 4.93. The van der Waals surface area contributed by atoms with Crippen LogP contribution in [0.5, 0.6) is 0 Å². The molecule has 7 rings (SSSR count). The third-order valence-electron chi connectivity index (χ3n) is 8.20. The second-order valence-electron chi connectivity index (χ2n) is 12.0. The Morgan fingerprint density at radius 1 is 0.587 bits per heavy atom. The number of hydrogen-bond acceptors (Lipinski definition) is 0. The van der Waals surface area contributed by atoms with Crippen LogP contribution in [0.15, 0.2) is 121 Å². The number of fused-ring (bicyclic) bond motifs is 3. The van der Waals surface area contributed by atoms with Crippen molar-refractivity contribution in [1.29, 1.82) is 0 Å². The average Bonchev–Trinajstić information content (AvgIpc) is 3.67. The summed E-state index contributed by atoms with van der Waals surface area (Å²) < 4.78 is 0. The van der Waals surface area contributed by atoms with E-state index in [4.69, 9.17) is 17.0 Å². The van der Waals surface area contributed by atoms with Gasteiger partial charge in [0.05, 0.1) is 0 Å². The molecule has 0 aliphatic carbocycles. The molecule has 0 aromatic heterocycles. The first-order valence-electron chi connectivity index (χ1n) is 15.7. The van der Waals surface area contributed by atoms with Crippen molar-refractivity contribution in [3.8, 4) is 22.3 Å². The van der Waals surface area contributed by atoms with Gasteiger partial charge < -0.3 is 0 Å². The van der Waals surface area contributed by atoms with E-state index in [-0.39, 0.29) is 0 Å². The predicted molar refractivity (Wildman–Crippen MR) is 205 cm³/mol. The molecule has 0 spiro atoms. The van der Waals surface area contributed by atoms with Crippen molar-refractivity contribution in [2.24, 2.45) is 0 Å². The molecule has 0 unspecified atom stereocenters. The third kappa shape index (κ3) is 8.59. The van der Waals surface area contributed by atoms with E-state index < -0.39 is 20.8 Å². The molecule has 7 aromatic carbocycles. The molecule has 7 aromatic rings. The molecule has 0 fully saturated rings. The fraction of sp³-hybridized carbons (Fsp3) is 0.190. The molecule has 0 bridgehead atoms. The molecule has 0 aliphatic heterocycles. The van der Waals surface area contributed by atoms with Gasteiger partial charge in [-0.25, -0.2) is 0 Å². The van der Waals surface area contributed by atoms with Crippen molar-refractivity contribution in [3.05, 3.63) is 144 Å². The number of benzene rings is 5. The van der Waals surface area contributed by atoms with Crippen molar-refractivity contribution >= 4 is 58.9 Å². The van der Waals surface area contributed by atoms with E-state index in [0.717, 1.165) is 9.52 Å². The first kappa shape index (κ1) is 36.1. The van der Waals surface area contributed by atoms with Crippen LogP contribution in [-0.2, 0) is 20.8 Å². The van der Waals surface area contributed by atoms with Gasteiger partial charge >= 0.3 is 37.9 Å². The van der Waals surface area contributed by atoms with Crippen LogP contribution in [0.25, 0.3) is 54.6 Å². The molecule has 0 amide bonds. The Morgan fingerprint density at radius 2 is 1.15 bits per heavy atom. The Labute approximate surface area is 297 Å². The van der Waals surface area contributed by atoms with E-state index in [2.05, 4.69) is 169 Å². The summed E-state index contributed by atoms with van der Waals surface area (Å²) in [7, 11) is 11.0. The molecule has 0 atom stereocenters. The molecule has 0 saturated heterocycles. The molecule has 0 saturated carbocycles. The Bertz CT molecular complexity index is 2010. The second kappa shape index (κ2) is 17.4. The summed E-state index contributed by atoms with van der Waals surface area (Å²) in [4.78, 5) is 0. The summed E-state index contributed by atoms with van der Waals surface area (Å²) >= 11 is -0.826. The van der Waals surface area contributed by atoms with Crippen LogP contribution in [0.4, 0.5) is 0 Å². The second-order valence-corrected chi connectivity index (χ2v) is 16.7. The van der Waals surface area contributed by atoms with E-state index in [1.54, 1.807) is 0 Å². The van der Waals surface area contributed by atoms with E-state index in [1.807, 2.05) is 0 Å². The summed E-state index contributed by atoms with van der Waals surface area (Å²) in [5.41, 5.74) is 10.8. The summed E-state index contributed by atoms with van der Waals surface area (Å²) in [5.74, 6) is 0.581. The fourth-order valence-corrected chi connectivity index (χ4v) is 5.99. The Morgan fingerprint density at radius 3 is 1.85 bits per heavy atom. The van der Waals surface area contributed by atoms with E-state index in [0.29, 0.717) is 5.92 Å². The fourth-order valence-electron chi connectivity index (χ4n) is 5.99. The Hall–Kier alpha value is -2.74. The van der Waals surface area contributed by atoms with Crippen LogP contribution in [0.1, 0.15) is 42.0 Å². The molecule has 0 nitrogen and oxygen atoms in total. The number of aryl methyl sites for hydroxylation is 3. The van der Waals surface area contributed by atoms with E-state index in [1.165, 1.54) is 76.8 Å². The van der Waals surface area contributed by atoms with E-state index in [9.17, 15) is 0 Å². The zero-order valence-corrected chi connectivity index (χ0v) is 32.9. The number of halogens is 2. The number of hydrogen-bond donors (Lipinski definition) is 0. The van der Waals surface area contributed by atoms with Gasteiger partial charge in [-0.3, -0.25) is 0 Å². The minimum atomic E-state index is -0.826. The molecule has 0 aliphatic rings. The van der Waals surface area contributed by atoms with Crippen molar-refractivity contribution in [3.63, 3.8) is 0 Å². The normalized spacial score (nSPS) is 10.5. The first-order chi connectivity index (χ1) is 22.2. The van der Waals surface area contributed by atoms with Crippen LogP contribution in [0.3, 0.4) is 0 Å². The van der Waals surface area contributed by atoms with Crippen LogP contribution < -0.4 is 0 Å². The van der Waals surface area contributed by atoms with Crippen molar-refractivity contribution in [1.82, 2.24) is 0 Å². The van der Waals surface area contributed by atoms with Crippen molar-refractivity contribution in [2.45, 2.75) is 53.6 Å². The quantitative estimate of drug-likeness (QED) is 0.125. The minimum absolute atomic E-state index is 0.581. The van der Waals surface area contributed by atoms with Crippen molar-refractivity contribution < 1.29 is 20.8 Å². The molecule has 232 valence electrons. The van der Waals surface area contributed by atoms with Gasteiger partial charge in [0.2, 0.25) is 0 Å². The molecule has 0 N–H and O–H groups in total. The molecule has 0 heterocycles. The standard InChI is InChI=1S/C21H17.C19H19.C2H6Si.2ClH.Zr/c1-14-12-20-15(2)10-11-19(21(20)13-14)18-9-5-7-16-6-3-4-8-17(16)18;1-13(2)16-11-15-8-6-10-18(19(15)12-16)17-9-5-4-7-14(17)3;1-3-2;;;/h3-13H,1-2H3;4-13H,1-3H3;1-2H3;2*1H;/q2*-1;;;;+4/p-2. The van der Waals surface area contributed by atoms with Gasteiger partial charge in [-0.1, -0.05) is 131 Å². The molecule has 46 heavy (non-hydrogen) atoms. The molecular weight excluding hydrogens is 695 g/mol. The van der Waals surface area contributed by atoms with Crippen LogP contribution in [0.2, 0.25) is 13.1 Å². The van der Waals surface area contributed by atoms with Gasteiger partial charge in [-0.15, -0.1) is 68.6 Å². The molecular formula is C42H42Cl2SiZr. The third-order valence-corrected chi connectivity index (χ3v) is 8.20. The summed E-state index contributed by atoms with van der Waals surface area (Å²) in [6, 6.07) is 44.2. The molecule has 4 heteroatoms. The van der Waals surface area contributed by atoms with Crippen molar-refractivity contribution in [2.75, 3.05) is 0 Å². The maximum atomic E-state index is 4.93. The zero-order valence-electron chi connectivity index (χ0n) is 27.9. The van der Waals surface area contributed by atoms with Gasteiger partial charge in [0.1, 0.15) is 0 Å². The van der Waals surface area contributed by atoms with Gasteiger partial charge in [0.15, 0.2) is 0 Å². The SMILES string of the molecule is C[Si]C.Cc1cc2c(-c3cccc4ccccc34)ccc(C)c2[cH-]1.Cc1ccccc1-c1cccc2[cH-]c(C(C)C)cc12.[Cl][Zr+2][Cl]. The number of rotatable bonds is 3. The van der Waals surface area contributed by atoms with Gasteiger partial charge in [-0.05, 0) is 40.3 Å². The first-order valence-corrected chi connectivity index (χ1v) is 24.0. The summed E-state index contributed by atoms with van der Waals surface area (Å²) in [6.07, 6.45) is 0. The predicted octanol–water partition coefficient (Wildman–Crippen LogP) is 13.8. The van der Waals surface area contributed by atoms with Crippen LogP contribution >= 0.6 is 17.0 Å². The molecule has 2 radical (unpaired) electrons. The summed E-state index contributed by atoms with van der Waals surface area (Å²) in [5, 5.41) is 8.09. The average molecular weight is 737 g/mol. The van der Waals surface area contributed by atoms with Crippen LogP contribution in [-0.4, -0.2) is 9.52 Å². The monoisotopic (exact) mass is 734 g/mol. The zero-order chi connectivity index (χ0) is 33.2. The van der Waals surface area contributed by atoms with Gasteiger partial charge in [0, 0.05) is 9.52 Å². The van der Waals surface area contributed by atoms with Crippen LogP contribution in [0, 0.1) is 20.8 Å².